The molecular weight excluding hydrogens is 228 g/mol. The maximum Gasteiger partial charge on any atom is 0.156 e. The molecule has 0 N–H and O–H groups in total. The quantitative estimate of drug-likeness (QED) is 0.631. The van der Waals surface area contributed by atoms with E-state index in [1.165, 1.54) is 5.56 Å². The standard InChI is InChI=1S/C15H24O3/c1-13(8-7-11-15(16-2)17-3)18-12-14-9-5-4-6-10-14/h4-6,9-10,13,15H,7-8,11-12H2,1-3H3/t13-/m0/s1. The second-order valence-corrected chi connectivity index (χ2v) is 4.44. The molecule has 0 radical (unpaired) electrons. The molecule has 1 aromatic carbocycles. The molecule has 102 valence electrons. The maximum atomic E-state index is 5.80. The van der Waals surface area contributed by atoms with E-state index in [9.17, 15) is 0 Å². The first kappa shape index (κ1) is 15.2. The van der Waals surface area contributed by atoms with Crippen molar-refractivity contribution in [1.29, 1.82) is 0 Å². The molecule has 1 aromatic rings. The summed E-state index contributed by atoms with van der Waals surface area (Å²) in [7, 11) is 3.34. The third-order valence-electron chi connectivity index (χ3n) is 2.95. The number of methoxy groups -OCH3 is 2. The van der Waals surface area contributed by atoms with Gasteiger partial charge in [-0.15, -0.1) is 0 Å². The van der Waals surface area contributed by atoms with Gasteiger partial charge in [-0.1, -0.05) is 30.3 Å². The van der Waals surface area contributed by atoms with Crippen molar-refractivity contribution < 1.29 is 14.2 Å². The van der Waals surface area contributed by atoms with Crippen LogP contribution in [0.15, 0.2) is 30.3 Å². The molecule has 1 rings (SSSR count). The van der Waals surface area contributed by atoms with Crippen molar-refractivity contribution in [3.63, 3.8) is 0 Å². The molecule has 0 aromatic heterocycles. The highest BCUT2D eigenvalue weighted by atomic mass is 16.7. The zero-order valence-electron chi connectivity index (χ0n) is 11.6. The monoisotopic (exact) mass is 252 g/mol. The molecule has 3 nitrogen and oxygen atoms in total. The molecular formula is C15H24O3. The van der Waals surface area contributed by atoms with Crippen molar-refractivity contribution in [3.8, 4) is 0 Å². The molecule has 0 amide bonds. The fraction of sp³-hybridized carbons (Fsp3) is 0.600. The van der Waals surface area contributed by atoms with Crippen LogP contribution in [0.5, 0.6) is 0 Å². The maximum absolute atomic E-state index is 5.80. The Hall–Kier alpha value is -0.900. The summed E-state index contributed by atoms with van der Waals surface area (Å²) in [6, 6.07) is 10.2. The molecule has 0 heterocycles. The first-order valence-corrected chi connectivity index (χ1v) is 6.47. The Bertz CT molecular complexity index is 296. The van der Waals surface area contributed by atoms with E-state index in [1.54, 1.807) is 14.2 Å². The zero-order chi connectivity index (χ0) is 13.2. The van der Waals surface area contributed by atoms with Crippen LogP contribution in [0.25, 0.3) is 0 Å². The summed E-state index contributed by atoms with van der Waals surface area (Å²) in [5, 5.41) is 0. The van der Waals surface area contributed by atoms with Gasteiger partial charge in [0.05, 0.1) is 12.7 Å². The fourth-order valence-electron chi connectivity index (χ4n) is 1.80. The molecule has 0 aliphatic heterocycles. The number of hydrogen-bond donors (Lipinski definition) is 0. The van der Waals surface area contributed by atoms with E-state index in [0.29, 0.717) is 6.61 Å². The van der Waals surface area contributed by atoms with Gasteiger partial charge in [0.25, 0.3) is 0 Å². The summed E-state index contributed by atoms with van der Waals surface area (Å²) in [5.74, 6) is 0. The van der Waals surface area contributed by atoms with Gasteiger partial charge in [0, 0.05) is 14.2 Å². The van der Waals surface area contributed by atoms with Gasteiger partial charge in [0.15, 0.2) is 6.29 Å². The van der Waals surface area contributed by atoms with Crippen LogP contribution in [0, 0.1) is 0 Å². The van der Waals surface area contributed by atoms with Crippen LogP contribution in [0.4, 0.5) is 0 Å². The predicted molar refractivity (Wildman–Crippen MR) is 72.4 cm³/mol. The Morgan fingerprint density at radius 3 is 2.28 bits per heavy atom. The number of ether oxygens (including phenoxy) is 3. The van der Waals surface area contributed by atoms with Crippen LogP contribution in [0.2, 0.25) is 0 Å². The first-order valence-electron chi connectivity index (χ1n) is 6.47. The lowest BCUT2D eigenvalue weighted by Crippen LogP contribution is -2.14. The van der Waals surface area contributed by atoms with Crippen molar-refractivity contribution in [3.05, 3.63) is 35.9 Å². The van der Waals surface area contributed by atoms with Gasteiger partial charge in [-0.25, -0.2) is 0 Å². The minimum Gasteiger partial charge on any atom is -0.374 e. The van der Waals surface area contributed by atoms with Crippen LogP contribution in [0.1, 0.15) is 31.7 Å². The average molecular weight is 252 g/mol. The third-order valence-corrected chi connectivity index (χ3v) is 2.95. The molecule has 0 aliphatic carbocycles. The Balaban J connectivity index is 2.12. The molecule has 0 fully saturated rings. The molecule has 0 spiro atoms. The molecule has 0 unspecified atom stereocenters. The van der Waals surface area contributed by atoms with E-state index in [0.717, 1.165) is 19.3 Å². The Morgan fingerprint density at radius 2 is 1.67 bits per heavy atom. The van der Waals surface area contributed by atoms with E-state index in [4.69, 9.17) is 14.2 Å². The summed E-state index contributed by atoms with van der Waals surface area (Å²) >= 11 is 0. The second kappa shape index (κ2) is 9.09. The van der Waals surface area contributed by atoms with E-state index in [-0.39, 0.29) is 12.4 Å². The summed E-state index contributed by atoms with van der Waals surface area (Å²) in [6.07, 6.45) is 3.15. The molecule has 3 heteroatoms. The highest BCUT2D eigenvalue weighted by Gasteiger charge is 2.07. The number of hydrogen-bond acceptors (Lipinski definition) is 3. The van der Waals surface area contributed by atoms with Gasteiger partial charge in [-0.05, 0) is 31.7 Å². The minimum atomic E-state index is -0.0914. The van der Waals surface area contributed by atoms with E-state index < -0.39 is 0 Å². The van der Waals surface area contributed by atoms with E-state index >= 15 is 0 Å². The van der Waals surface area contributed by atoms with Gasteiger partial charge < -0.3 is 14.2 Å². The van der Waals surface area contributed by atoms with Gasteiger partial charge in [-0.2, -0.15) is 0 Å². The smallest absolute Gasteiger partial charge is 0.156 e. The van der Waals surface area contributed by atoms with E-state index in [2.05, 4.69) is 19.1 Å². The third kappa shape index (κ3) is 6.15. The first-order chi connectivity index (χ1) is 8.76. The average Bonchev–Trinajstić information content (AvgIpc) is 2.42. The van der Waals surface area contributed by atoms with Crippen LogP contribution in [-0.2, 0) is 20.8 Å². The predicted octanol–water partition coefficient (Wildman–Crippen LogP) is 3.38. The normalized spacial score (nSPS) is 12.9. The van der Waals surface area contributed by atoms with Crippen molar-refractivity contribution in [1.82, 2.24) is 0 Å². The fourth-order valence-corrected chi connectivity index (χ4v) is 1.80. The van der Waals surface area contributed by atoms with Crippen LogP contribution < -0.4 is 0 Å². The minimum absolute atomic E-state index is 0.0914. The van der Waals surface area contributed by atoms with E-state index in [1.807, 2.05) is 18.2 Å². The number of benzene rings is 1. The molecule has 18 heavy (non-hydrogen) atoms. The van der Waals surface area contributed by atoms with Gasteiger partial charge in [0.1, 0.15) is 0 Å². The number of rotatable bonds is 9. The lowest BCUT2D eigenvalue weighted by Gasteiger charge is -2.16. The van der Waals surface area contributed by atoms with Crippen molar-refractivity contribution in [2.75, 3.05) is 14.2 Å². The Morgan fingerprint density at radius 1 is 1.00 bits per heavy atom. The second-order valence-electron chi connectivity index (χ2n) is 4.44. The Kier molecular flexibility index (Phi) is 7.65. The largest absolute Gasteiger partial charge is 0.374 e. The lowest BCUT2D eigenvalue weighted by molar-refractivity contribution is -0.108. The van der Waals surface area contributed by atoms with Crippen molar-refractivity contribution in [2.45, 2.75) is 45.2 Å². The highest BCUT2D eigenvalue weighted by Crippen LogP contribution is 2.11. The zero-order valence-corrected chi connectivity index (χ0v) is 11.6. The van der Waals surface area contributed by atoms with Gasteiger partial charge >= 0.3 is 0 Å². The molecule has 1 atom stereocenters. The van der Waals surface area contributed by atoms with Crippen LogP contribution in [-0.4, -0.2) is 26.6 Å². The Labute approximate surface area is 110 Å². The van der Waals surface area contributed by atoms with Gasteiger partial charge in [-0.3, -0.25) is 0 Å². The summed E-state index contributed by atoms with van der Waals surface area (Å²) in [5.41, 5.74) is 1.22. The van der Waals surface area contributed by atoms with Crippen LogP contribution in [0.3, 0.4) is 0 Å². The van der Waals surface area contributed by atoms with Gasteiger partial charge in [0.2, 0.25) is 0 Å². The molecule has 0 saturated carbocycles. The molecule has 0 bridgehead atoms. The molecule has 0 saturated heterocycles. The summed E-state index contributed by atoms with van der Waals surface area (Å²) < 4.78 is 16.1. The van der Waals surface area contributed by atoms with Crippen molar-refractivity contribution in [2.24, 2.45) is 0 Å². The summed E-state index contributed by atoms with van der Waals surface area (Å²) in [6.45, 7) is 2.79. The van der Waals surface area contributed by atoms with Crippen LogP contribution >= 0.6 is 0 Å². The summed E-state index contributed by atoms with van der Waals surface area (Å²) in [4.78, 5) is 0. The highest BCUT2D eigenvalue weighted by molar-refractivity contribution is 5.13. The topological polar surface area (TPSA) is 27.7 Å². The lowest BCUT2D eigenvalue weighted by atomic mass is 10.1. The SMILES string of the molecule is COC(CCC[C@H](C)OCc1ccccc1)OC. The molecule has 0 aliphatic rings. The van der Waals surface area contributed by atoms with Crippen molar-refractivity contribution >= 4 is 0 Å².